The predicted molar refractivity (Wildman–Crippen MR) is 32.1 cm³/mol. The van der Waals surface area contributed by atoms with Crippen molar-refractivity contribution in [2.24, 2.45) is 0 Å². The number of carbonyl (C=O) groups excluding carboxylic acids is 1. The van der Waals surface area contributed by atoms with Gasteiger partial charge in [0.05, 0.1) is 6.61 Å². The average molecular weight is 146 g/mol. The number of hydrogen-bond acceptors (Lipinski definition) is 3. The van der Waals surface area contributed by atoms with Crippen LogP contribution >= 0.6 is 0 Å². The highest BCUT2D eigenvalue weighted by molar-refractivity contribution is 5.76. The largest absolute Gasteiger partial charge is 0.480 e. The molecule has 1 atom stereocenters. The van der Waals surface area contributed by atoms with Crippen molar-refractivity contribution in [3.05, 3.63) is 0 Å². The molecule has 1 amide bonds. The Morgan fingerprint density at radius 1 is 1.90 bits per heavy atom. The van der Waals surface area contributed by atoms with Crippen LogP contribution in [0.3, 0.4) is 0 Å². The number of aliphatic carboxylic acids is 1. The molecular weight excluding hydrogens is 138 g/mol. The molecular formula is C5H8NO4. The van der Waals surface area contributed by atoms with Crippen molar-refractivity contribution < 1.29 is 19.4 Å². The maximum absolute atomic E-state index is 10.2. The van der Waals surface area contributed by atoms with Crippen LogP contribution in [0.2, 0.25) is 0 Å². The number of carbonyl (C=O) groups is 1. The predicted octanol–water partition coefficient (Wildman–Crippen LogP) is -1.26. The molecule has 5 nitrogen and oxygen atoms in total. The fourth-order valence-corrected chi connectivity index (χ4v) is 0.412. The van der Waals surface area contributed by atoms with Crippen LogP contribution < -0.4 is 5.32 Å². The van der Waals surface area contributed by atoms with E-state index in [-0.39, 0.29) is 6.61 Å². The maximum Gasteiger partial charge on any atom is 0.328 e. The van der Waals surface area contributed by atoms with Crippen LogP contribution in [0.1, 0.15) is 0 Å². The van der Waals surface area contributed by atoms with Gasteiger partial charge in [0, 0.05) is 7.11 Å². The molecule has 0 aromatic carbocycles. The second-order valence-corrected chi connectivity index (χ2v) is 1.59. The van der Waals surface area contributed by atoms with E-state index in [0.29, 0.717) is 0 Å². The van der Waals surface area contributed by atoms with Crippen LogP contribution in [0, 0.1) is 0 Å². The molecule has 2 N–H and O–H groups in total. The quantitative estimate of drug-likeness (QED) is 0.475. The van der Waals surface area contributed by atoms with Crippen molar-refractivity contribution in [2.45, 2.75) is 6.04 Å². The number of rotatable bonds is 5. The Kier molecular flexibility index (Phi) is 4.23. The summed E-state index contributed by atoms with van der Waals surface area (Å²) < 4.78 is 4.50. The number of carboxylic acid groups (broad SMARTS) is 1. The monoisotopic (exact) mass is 146 g/mol. The Morgan fingerprint density at radius 2 is 2.50 bits per heavy atom. The van der Waals surface area contributed by atoms with Crippen molar-refractivity contribution in [2.75, 3.05) is 13.7 Å². The van der Waals surface area contributed by atoms with Crippen LogP contribution in [-0.2, 0) is 14.3 Å². The Balaban J connectivity index is 3.71. The van der Waals surface area contributed by atoms with Gasteiger partial charge in [-0.3, -0.25) is 4.79 Å². The number of methoxy groups -OCH3 is 1. The summed E-state index contributed by atoms with van der Waals surface area (Å²) >= 11 is 0. The minimum Gasteiger partial charge on any atom is -0.480 e. The van der Waals surface area contributed by atoms with Crippen molar-refractivity contribution in [1.82, 2.24) is 5.32 Å². The summed E-state index contributed by atoms with van der Waals surface area (Å²) in [5, 5.41) is 10.3. The minimum absolute atomic E-state index is 0.0510. The summed E-state index contributed by atoms with van der Waals surface area (Å²) in [6.07, 6.45) is 1.27. The highest BCUT2D eigenvalue weighted by Gasteiger charge is 2.15. The van der Waals surface area contributed by atoms with Gasteiger partial charge >= 0.3 is 12.4 Å². The Labute approximate surface area is 58.0 Å². The van der Waals surface area contributed by atoms with E-state index < -0.39 is 12.0 Å². The maximum atomic E-state index is 10.2. The fourth-order valence-electron chi connectivity index (χ4n) is 0.412. The fraction of sp³-hybridized carbons (Fsp3) is 0.600. The van der Waals surface area contributed by atoms with Gasteiger partial charge in [0.25, 0.3) is 0 Å². The molecule has 1 unspecified atom stereocenters. The molecule has 0 aliphatic rings. The summed E-state index contributed by atoms with van der Waals surface area (Å²) in [6, 6.07) is -0.998. The van der Waals surface area contributed by atoms with E-state index in [4.69, 9.17) is 5.11 Å². The van der Waals surface area contributed by atoms with E-state index in [1.54, 1.807) is 0 Å². The molecule has 10 heavy (non-hydrogen) atoms. The SMILES string of the molecule is COCC(N[C]=O)C(=O)O. The van der Waals surface area contributed by atoms with Gasteiger partial charge in [-0.25, -0.2) is 4.79 Å². The molecule has 0 spiro atoms. The number of ether oxygens (including phenoxy) is 1. The van der Waals surface area contributed by atoms with Gasteiger partial charge < -0.3 is 15.2 Å². The lowest BCUT2D eigenvalue weighted by molar-refractivity contribution is -0.140. The van der Waals surface area contributed by atoms with E-state index >= 15 is 0 Å². The molecule has 5 heteroatoms. The average Bonchev–Trinajstić information content (AvgIpc) is 1.87. The molecule has 0 aromatic rings. The smallest absolute Gasteiger partial charge is 0.328 e. The third kappa shape index (κ3) is 3.03. The molecule has 57 valence electrons. The molecule has 1 radical (unpaired) electrons. The standard InChI is InChI=1S/C5H8NO4/c1-10-2-4(5(8)9)6-3-7/h4H,2H2,1H3,(H,6,7)(H,8,9). The Hall–Kier alpha value is -1.10. The lowest BCUT2D eigenvalue weighted by Crippen LogP contribution is -2.39. The lowest BCUT2D eigenvalue weighted by atomic mass is 10.3. The number of hydrogen-bond donors (Lipinski definition) is 2. The molecule has 0 saturated heterocycles. The van der Waals surface area contributed by atoms with Gasteiger partial charge in [0.2, 0.25) is 0 Å². The summed E-state index contributed by atoms with van der Waals surface area (Å²) in [4.78, 5) is 19.8. The van der Waals surface area contributed by atoms with Gasteiger partial charge in [-0.05, 0) is 0 Å². The summed E-state index contributed by atoms with van der Waals surface area (Å²) in [5.74, 6) is -1.13. The first kappa shape index (κ1) is 8.90. The first-order valence-corrected chi connectivity index (χ1v) is 2.56. The van der Waals surface area contributed by atoms with Gasteiger partial charge in [0.1, 0.15) is 0 Å². The Morgan fingerprint density at radius 3 is 2.80 bits per heavy atom. The van der Waals surface area contributed by atoms with E-state index in [1.807, 2.05) is 5.32 Å². The Bertz CT molecular complexity index is 125. The number of carboxylic acids is 1. The van der Waals surface area contributed by atoms with E-state index in [2.05, 4.69) is 4.74 Å². The highest BCUT2D eigenvalue weighted by atomic mass is 16.5. The van der Waals surface area contributed by atoms with Gasteiger partial charge in [-0.2, -0.15) is 0 Å². The van der Waals surface area contributed by atoms with E-state index in [1.165, 1.54) is 13.5 Å². The van der Waals surface area contributed by atoms with Gasteiger partial charge in [0.15, 0.2) is 6.04 Å². The summed E-state index contributed by atoms with van der Waals surface area (Å²) in [5.41, 5.74) is 0. The topological polar surface area (TPSA) is 75.6 Å². The van der Waals surface area contributed by atoms with Crippen molar-refractivity contribution in [1.29, 1.82) is 0 Å². The molecule has 0 bridgehead atoms. The molecule has 0 aliphatic carbocycles. The highest BCUT2D eigenvalue weighted by Crippen LogP contribution is 1.82. The molecule has 0 aromatic heterocycles. The van der Waals surface area contributed by atoms with E-state index in [0.717, 1.165) is 0 Å². The van der Waals surface area contributed by atoms with Gasteiger partial charge in [-0.15, -0.1) is 0 Å². The lowest BCUT2D eigenvalue weighted by Gasteiger charge is -2.07. The summed E-state index contributed by atoms with van der Waals surface area (Å²) in [6.45, 7) is -0.0510. The van der Waals surface area contributed by atoms with Crippen molar-refractivity contribution in [3.63, 3.8) is 0 Å². The normalized spacial score (nSPS) is 12.1. The van der Waals surface area contributed by atoms with Crippen molar-refractivity contribution in [3.8, 4) is 0 Å². The summed E-state index contributed by atoms with van der Waals surface area (Å²) in [7, 11) is 1.35. The second-order valence-electron chi connectivity index (χ2n) is 1.59. The van der Waals surface area contributed by atoms with Crippen LogP contribution in [0.15, 0.2) is 0 Å². The van der Waals surface area contributed by atoms with Crippen LogP contribution in [0.5, 0.6) is 0 Å². The van der Waals surface area contributed by atoms with Gasteiger partial charge in [-0.1, -0.05) is 0 Å². The number of nitrogens with one attached hydrogen (secondary N) is 1. The molecule has 0 heterocycles. The molecule has 0 saturated carbocycles. The third-order valence-corrected chi connectivity index (χ3v) is 0.865. The molecule has 0 fully saturated rings. The molecule has 0 rings (SSSR count). The zero-order valence-corrected chi connectivity index (χ0v) is 5.46. The third-order valence-electron chi connectivity index (χ3n) is 0.865. The second kappa shape index (κ2) is 4.75. The molecule has 0 aliphatic heterocycles. The first-order chi connectivity index (χ1) is 4.72. The van der Waals surface area contributed by atoms with Crippen LogP contribution in [0.4, 0.5) is 0 Å². The number of amides is 1. The van der Waals surface area contributed by atoms with Crippen LogP contribution in [0.25, 0.3) is 0 Å². The zero-order chi connectivity index (χ0) is 7.98. The van der Waals surface area contributed by atoms with Crippen LogP contribution in [-0.4, -0.2) is 37.2 Å². The minimum atomic E-state index is -1.13. The van der Waals surface area contributed by atoms with E-state index in [9.17, 15) is 9.59 Å². The van der Waals surface area contributed by atoms with Crippen molar-refractivity contribution >= 4 is 12.4 Å². The first-order valence-electron chi connectivity index (χ1n) is 2.56. The zero-order valence-electron chi connectivity index (χ0n) is 5.46.